The van der Waals surface area contributed by atoms with Crippen molar-refractivity contribution in [3.63, 3.8) is 0 Å². The number of nitrogens with zero attached hydrogens (tertiary/aromatic N) is 1. The summed E-state index contributed by atoms with van der Waals surface area (Å²) in [6.45, 7) is 3.03. The third-order valence-corrected chi connectivity index (χ3v) is 3.58. The number of rotatable bonds is 5. The Morgan fingerprint density at radius 1 is 1.37 bits per heavy atom. The minimum absolute atomic E-state index is 0.0118. The number of benzene rings is 1. The van der Waals surface area contributed by atoms with E-state index < -0.39 is 5.97 Å². The van der Waals surface area contributed by atoms with Gasteiger partial charge in [-0.1, -0.05) is 25.1 Å². The molecule has 19 heavy (non-hydrogen) atoms. The molecule has 1 amide bonds. The Labute approximate surface area is 112 Å². The van der Waals surface area contributed by atoms with E-state index >= 15 is 0 Å². The fourth-order valence-electron chi connectivity index (χ4n) is 2.08. The lowest BCUT2D eigenvalue weighted by molar-refractivity contribution is -0.149. The highest BCUT2D eigenvalue weighted by Gasteiger charge is 2.36. The lowest BCUT2D eigenvalue weighted by atomic mass is 9.87. The standard InChI is InChI=1S/C14H18N2O3/c1-10(14(18)19)11-8-16(9-11)13(17)7-15-12-5-3-2-4-6-12/h2-6,10-11,15H,7-9H2,1H3,(H,18,19). The summed E-state index contributed by atoms with van der Waals surface area (Å²) in [6.07, 6.45) is 0. The van der Waals surface area contributed by atoms with Crippen LogP contribution in [0.15, 0.2) is 30.3 Å². The van der Waals surface area contributed by atoms with Crippen LogP contribution in [0.4, 0.5) is 5.69 Å². The van der Waals surface area contributed by atoms with Crippen molar-refractivity contribution in [1.82, 2.24) is 4.90 Å². The van der Waals surface area contributed by atoms with Gasteiger partial charge in [-0.15, -0.1) is 0 Å². The second-order valence-corrected chi connectivity index (χ2v) is 4.91. The monoisotopic (exact) mass is 262 g/mol. The van der Waals surface area contributed by atoms with Crippen molar-refractivity contribution >= 4 is 17.6 Å². The van der Waals surface area contributed by atoms with Gasteiger partial charge in [-0.3, -0.25) is 9.59 Å². The van der Waals surface area contributed by atoms with E-state index in [0.29, 0.717) is 13.1 Å². The Hall–Kier alpha value is -2.04. The van der Waals surface area contributed by atoms with Gasteiger partial charge in [0.1, 0.15) is 0 Å². The number of likely N-dealkylation sites (tertiary alicyclic amines) is 1. The van der Waals surface area contributed by atoms with Gasteiger partial charge in [0, 0.05) is 24.7 Å². The van der Waals surface area contributed by atoms with Gasteiger partial charge in [-0.05, 0) is 12.1 Å². The maximum Gasteiger partial charge on any atom is 0.306 e. The van der Waals surface area contributed by atoms with Gasteiger partial charge in [-0.25, -0.2) is 0 Å². The normalized spacial score (nSPS) is 16.6. The van der Waals surface area contributed by atoms with Crippen LogP contribution in [0.2, 0.25) is 0 Å². The minimum atomic E-state index is -0.792. The summed E-state index contributed by atoms with van der Waals surface area (Å²) < 4.78 is 0. The van der Waals surface area contributed by atoms with Crippen LogP contribution >= 0.6 is 0 Å². The molecular formula is C14H18N2O3. The largest absolute Gasteiger partial charge is 0.481 e. The number of carbonyl (C=O) groups is 2. The van der Waals surface area contributed by atoms with E-state index in [0.717, 1.165) is 5.69 Å². The first-order valence-electron chi connectivity index (χ1n) is 6.37. The molecule has 1 fully saturated rings. The zero-order valence-corrected chi connectivity index (χ0v) is 10.9. The van der Waals surface area contributed by atoms with Crippen molar-refractivity contribution in [3.05, 3.63) is 30.3 Å². The summed E-state index contributed by atoms with van der Waals surface area (Å²) in [7, 11) is 0. The number of amides is 1. The second-order valence-electron chi connectivity index (χ2n) is 4.91. The molecule has 1 aromatic rings. The molecule has 102 valence electrons. The van der Waals surface area contributed by atoms with E-state index in [9.17, 15) is 9.59 Å². The van der Waals surface area contributed by atoms with Crippen LogP contribution in [0.5, 0.6) is 0 Å². The molecule has 2 rings (SSSR count). The third-order valence-electron chi connectivity index (χ3n) is 3.58. The summed E-state index contributed by atoms with van der Waals surface area (Å²) in [6, 6.07) is 9.53. The zero-order chi connectivity index (χ0) is 13.8. The summed E-state index contributed by atoms with van der Waals surface area (Å²) in [5.41, 5.74) is 0.909. The number of nitrogens with one attached hydrogen (secondary N) is 1. The van der Waals surface area contributed by atoms with Crippen LogP contribution in [0.25, 0.3) is 0 Å². The fourth-order valence-corrected chi connectivity index (χ4v) is 2.08. The van der Waals surface area contributed by atoms with Gasteiger partial charge in [-0.2, -0.15) is 0 Å². The molecule has 1 aliphatic heterocycles. The molecule has 0 bridgehead atoms. The molecule has 5 nitrogen and oxygen atoms in total. The molecule has 1 unspecified atom stereocenters. The highest BCUT2D eigenvalue weighted by molar-refractivity contribution is 5.82. The average molecular weight is 262 g/mol. The highest BCUT2D eigenvalue weighted by Crippen LogP contribution is 2.24. The van der Waals surface area contributed by atoms with Gasteiger partial charge in [0.15, 0.2) is 0 Å². The Morgan fingerprint density at radius 2 is 2.00 bits per heavy atom. The van der Waals surface area contributed by atoms with Crippen molar-refractivity contribution in [2.24, 2.45) is 11.8 Å². The quantitative estimate of drug-likeness (QED) is 0.838. The summed E-state index contributed by atoms with van der Waals surface area (Å²) in [5, 5.41) is 11.9. The predicted molar refractivity (Wildman–Crippen MR) is 71.8 cm³/mol. The third kappa shape index (κ3) is 3.24. The predicted octanol–water partition coefficient (Wildman–Crippen LogP) is 1.28. The number of carboxylic acid groups (broad SMARTS) is 1. The molecule has 1 atom stereocenters. The van der Waals surface area contributed by atoms with Crippen LogP contribution in [-0.4, -0.2) is 41.5 Å². The summed E-state index contributed by atoms with van der Waals surface area (Å²) >= 11 is 0. The number of anilines is 1. The van der Waals surface area contributed by atoms with Crippen LogP contribution < -0.4 is 5.32 Å². The van der Waals surface area contributed by atoms with Crippen molar-refractivity contribution in [3.8, 4) is 0 Å². The molecule has 0 aromatic heterocycles. The number of carboxylic acids is 1. The van der Waals surface area contributed by atoms with Crippen LogP contribution in [0.3, 0.4) is 0 Å². The maximum absolute atomic E-state index is 11.9. The van der Waals surface area contributed by atoms with Gasteiger partial charge in [0.05, 0.1) is 12.5 Å². The first-order chi connectivity index (χ1) is 9.08. The summed E-state index contributed by atoms with van der Waals surface area (Å²) in [5.74, 6) is -1.08. The molecule has 1 aromatic carbocycles. The number of para-hydroxylation sites is 1. The van der Waals surface area contributed by atoms with Crippen LogP contribution in [0.1, 0.15) is 6.92 Å². The van der Waals surface area contributed by atoms with Crippen LogP contribution in [0, 0.1) is 11.8 Å². The lowest BCUT2D eigenvalue weighted by Crippen LogP contribution is -2.54. The SMILES string of the molecule is CC(C(=O)O)C1CN(C(=O)CNc2ccccc2)C1. The van der Waals surface area contributed by atoms with Crippen molar-refractivity contribution in [1.29, 1.82) is 0 Å². The van der Waals surface area contributed by atoms with Gasteiger partial charge in [0.25, 0.3) is 0 Å². The van der Waals surface area contributed by atoms with E-state index in [1.54, 1.807) is 11.8 Å². The van der Waals surface area contributed by atoms with E-state index in [1.807, 2.05) is 30.3 Å². The number of hydrogen-bond donors (Lipinski definition) is 2. The van der Waals surface area contributed by atoms with Crippen molar-refractivity contribution < 1.29 is 14.7 Å². The van der Waals surface area contributed by atoms with Crippen LogP contribution in [-0.2, 0) is 9.59 Å². The topological polar surface area (TPSA) is 69.6 Å². The Kier molecular flexibility index (Phi) is 4.04. The molecule has 1 aliphatic rings. The number of carbonyl (C=O) groups excluding carboxylic acids is 1. The Balaban J connectivity index is 1.73. The minimum Gasteiger partial charge on any atom is -0.481 e. The smallest absolute Gasteiger partial charge is 0.306 e. The molecule has 1 heterocycles. The molecule has 0 spiro atoms. The average Bonchev–Trinajstić information content (AvgIpc) is 2.35. The Morgan fingerprint density at radius 3 is 2.58 bits per heavy atom. The van der Waals surface area contributed by atoms with Crippen molar-refractivity contribution in [2.75, 3.05) is 25.0 Å². The first kappa shape index (κ1) is 13.4. The van der Waals surface area contributed by atoms with Gasteiger partial charge >= 0.3 is 5.97 Å². The number of aliphatic carboxylic acids is 1. The first-order valence-corrected chi connectivity index (χ1v) is 6.37. The van der Waals surface area contributed by atoms with Crippen molar-refractivity contribution in [2.45, 2.75) is 6.92 Å². The molecule has 1 saturated heterocycles. The zero-order valence-electron chi connectivity index (χ0n) is 10.9. The summed E-state index contributed by atoms with van der Waals surface area (Å²) in [4.78, 5) is 24.4. The maximum atomic E-state index is 11.9. The number of hydrogen-bond acceptors (Lipinski definition) is 3. The molecule has 2 N–H and O–H groups in total. The van der Waals surface area contributed by atoms with E-state index in [4.69, 9.17) is 5.11 Å². The molecule has 5 heteroatoms. The fraction of sp³-hybridized carbons (Fsp3) is 0.429. The molecular weight excluding hydrogens is 244 g/mol. The Bertz CT molecular complexity index is 455. The van der Waals surface area contributed by atoms with Gasteiger partial charge < -0.3 is 15.3 Å². The molecule has 0 saturated carbocycles. The van der Waals surface area contributed by atoms with Gasteiger partial charge in [0.2, 0.25) is 5.91 Å². The van der Waals surface area contributed by atoms with E-state index in [1.165, 1.54) is 0 Å². The molecule has 0 aliphatic carbocycles. The second kappa shape index (κ2) is 5.73. The van der Waals surface area contributed by atoms with E-state index in [2.05, 4.69) is 5.32 Å². The lowest BCUT2D eigenvalue weighted by Gasteiger charge is -2.41. The van der Waals surface area contributed by atoms with E-state index in [-0.39, 0.29) is 24.3 Å². The molecule has 0 radical (unpaired) electrons. The highest BCUT2D eigenvalue weighted by atomic mass is 16.4.